The number of nitrogens with zero attached hydrogens (tertiary/aromatic N) is 2. The van der Waals surface area contributed by atoms with Gasteiger partial charge in [0.2, 0.25) is 0 Å². The number of nitrogens with one attached hydrogen (secondary N) is 1. The molecule has 0 amide bonds. The third-order valence-electron chi connectivity index (χ3n) is 3.30. The first-order valence-corrected chi connectivity index (χ1v) is 7.52. The number of halogens is 1. The minimum atomic E-state index is 0. The van der Waals surface area contributed by atoms with Crippen LogP contribution in [0.3, 0.4) is 0 Å². The van der Waals surface area contributed by atoms with Gasteiger partial charge in [0.15, 0.2) is 5.96 Å². The van der Waals surface area contributed by atoms with Gasteiger partial charge in [-0.05, 0) is 31.7 Å². The molecule has 6 heteroatoms. The molecule has 1 aliphatic heterocycles. The van der Waals surface area contributed by atoms with Crippen LogP contribution in [0.5, 0.6) is 0 Å². The number of unbranched alkanes of at least 4 members (excludes halogenated alkanes) is 1. The number of aliphatic imine (C=N–C) groups is 1. The number of morpholine rings is 1. The summed E-state index contributed by atoms with van der Waals surface area (Å²) >= 11 is 0. The van der Waals surface area contributed by atoms with E-state index in [1.165, 1.54) is 6.42 Å². The molecule has 0 spiro atoms. The molecule has 3 N–H and O–H groups in total. The zero-order chi connectivity index (χ0) is 13.9. The molecule has 0 aromatic rings. The van der Waals surface area contributed by atoms with Gasteiger partial charge in [0.1, 0.15) is 0 Å². The number of hydrogen-bond acceptors (Lipinski definition) is 3. The number of hydrogen-bond donors (Lipinski definition) is 2. The highest BCUT2D eigenvalue weighted by Crippen LogP contribution is 2.00. The second-order valence-corrected chi connectivity index (χ2v) is 5.54. The summed E-state index contributed by atoms with van der Waals surface area (Å²) in [5.74, 6) is 1.29. The molecule has 1 heterocycles. The van der Waals surface area contributed by atoms with E-state index >= 15 is 0 Å². The Kier molecular flexibility index (Phi) is 12.6. The number of guanidine groups is 1. The zero-order valence-corrected chi connectivity index (χ0v) is 15.3. The summed E-state index contributed by atoms with van der Waals surface area (Å²) in [6, 6.07) is 0. The second-order valence-electron chi connectivity index (χ2n) is 5.54. The first kappa shape index (κ1) is 19.9. The average molecular weight is 398 g/mol. The van der Waals surface area contributed by atoms with E-state index in [4.69, 9.17) is 10.5 Å². The molecule has 5 nitrogen and oxygen atoms in total. The topological polar surface area (TPSA) is 62.9 Å². The van der Waals surface area contributed by atoms with Crippen molar-refractivity contribution in [2.24, 2.45) is 16.6 Å². The van der Waals surface area contributed by atoms with Gasteiger partial charge < -0.3 is 15.8 Å². The summed E-state index contributed by atoms with van der Waals surface area (Å²) < 4.78 is 5.32. The van der Waals surface area contributed by atoms with E-state index in [1.54, 1.807) is 0 Å². The minimum Gasteiger partial charge on any atom is -0.379 e. The lowest BCUT2D eigenvalue weighted by molar-refractivity contribution is 0.0373. The average Bonchev–Trinajstić information content (AvgIpc) is 2.39. The van der Waals surface area contributed by atoms with Crippen LogP contribution in [0.2, 0.25) is 0 Å². The molecule has 0 aromatic carbocycles. The Bertz CT molecular complexity index is 256. The van der Waals surface area contributed by atoms with Crippen molar-refractivity contribution in [1.82, 2.24) is 10.2 Å². The fourth-order valence-electron chi connectivity index (χ4n) is 2.02. The van der Waals surface area contributed by atoms with Crippen molar-refractivity contribution >= 4 is 29.9 Å². The van der Waals surface area contributed by atoms with Crippen LogP contribution < -0.4 is 11.1 Å². The van der Waals surface area contributed by atoms with Crippen molar-refractivity contribution in [1.29, 1.82) is 0 Å². The van der Waals surface area contributed by atoms with Crippen LogP contribution >= 0.6 is 24.0 Å². The molecule has 1 fully saturated rings. The Hall–Kier alpha value is -0.0800. The van der Waals surface area contributed by atoms with Gasteiger partial charge in [0, 0.05) is 26.2 Å². The van der Waals surface area contributed by atoms with E-state index in [1.807, 2.05) is 0 Å². The van der Waals surface area contributed by atoms with Gasteiger partial charge in [-0.1, -0.05) is 13.8 Å². The molecular formula is C14H31IN4O. The monoisotopic (exact) mass is 398 g/mol. The van der Waals surface area contributed by atoms with Crippen LogP contribution in [0.15, 0.2) is 4.99 Å². The van der Waals surface area contributed by atoms with Gasteiger partial charge in [0.25, 0.3) is 0 Å². The van der Waals surface area contributed by atoms with E-state index in [-0.39, 0.29) is 24.0 Å². The maximum Gasteiger partial charge on any atom is 0.188 e. The fraction of sp³-hybridized carbons (Fsp3) is 0.929. The smallest absolute Gasteiger partial charge is 0.188 e. The summed E-state index contributed by atoms with van der Waals surface area (Å²) in [5.41, 5.74) is 5.80. The number of nitrogens with two attached hydrogens (primary N) is 1. The highest BCUT2D eigenvalue weighted by Gasteiger charge is 2.08. The molecule has 0 saturated carbocycles. The normalized spacial score (nSPS) is 17.1. The molecule has 1 aliphatic rings. The van der Waals surface area contributed by atoms with Crippen molar-refractivity contribution in [2.75, 3.05) is 45.9 Å². The third kappa shape index (κ3) is 10.7. The fourth-order valence-corrected chi connectivity index (χ4v) is 2.02. The quantitative estimate of drug-likeness (QED) is 0.283. The predicted molar refractivity (Wildman–Crippen MR) is 95.9 cm³/mol. The first-order valence-electron chi connectivity index (χ1n) is 7.52. The predicted octanol–water partition coefficient (Wildman–Crippen LogP) is 1.67. The maximum atomic E-state index is 5.80. The lowest BCUT2D eigenvalue weighted by Crippen LogP contribution is -2.36. The van der Waals surface area contributed by atoms with E-state index in [0.29, 0.717) is 11.9 Å². The van der Waals surface area contributed by atoms with Crippen molar-refractivity contribution in [3.63, 3.8) is 0 Å². The molecule has 0 atom stereocenters. The van der Waals surface area contributed by atoms with Crippen LogP contribution in [0.4, 0.5) is 0 Å². The molecular weight excluding hydrogens is 367 g/mol. The highest BCUT2D eigenvalue weighted by molar-refractivity contribution is 14.0. The van der Waals surface area contributed by atoms with Gasteiger partial charge in [0.05, 0.1) is 13.2 Å². The molecule has 1 saturated heterocycles. The van der Waals surface area contributed by atoms with Crippen LogP contribution in [0, 0.1) is 5.92 Å². The third-order valence-corrected chi connectivity index (χ3v) is 3.30. The standard InChI is InChI=1S/C14H30N4O.HI/c1-13(2)5-7-17-14(15)16-6-3-4-8-18-9-11-19-12-10-18;/h13H,3-12H2,1-2H3,(H3,15,16,17);1H. The van der Waals surface area contributed by atoms with E-state index < -0.39 is 0 Å². The van der Waals surface area contributed by atoms with Crippen molar-refractivity contribution < 1.29 is 4.74 Å². The van der Waals surface area contributed by atoms with Crippen molar-refractivity contribution in [3.8, 4) is 0 Å². The summed E-state index contributed by atoms with van der Waals surface area (Å²) in [4.78, 5) is 6.80. The highest BCUT2D eigenvalue weighted by atomic mass is 127. The van der Waals surface area contributed by atoms with Crippen molar-refractivity contribution in [3.05, 3.63) is 0 Å². The largest absolute Gasteiger partial charge is 0.379 e. The molecule has 0 aliphatic carbocycles. The Labute approximate surface area is 140 Å². The number of ether oxygens (including phenoxy) is 1. The van der Waals surface area contributed by atoms with Crippen LogP contribution in [-0.2, 0) is 4.74 Å². The van der Waals surface area contributed by atoms with Crippen LogP contribution in [-0.4, -0.2) is 56.8 Å². The molecule has 20 heavy (non-hydrogen) atoms. The van der Waals surface area contributed by atoms with Gasteiger partial charge >= 0.3 is 0 Å². The Balaban J connectivity index is 0.00000361. The summed E-state index contributed by atoms with van der Waals surface area (Å²) in [5, 5.41) is 3.16. The van der Waals surface area contributed by atoms with Crippen LogP contribution in [0.25, 0.3) is 0 Å². The van der Waals surface area contributed by atoms with E-state index in [0.717, 1.165) is 58.8 Å². The molecule has 0 unspecified atom stereocenters. The lowest BCUT2D eigenvalue weighted by atomic mass is 10.1. The van der Waals surface area contributed by atoms with Gasteiger partial charge in [-0.3, -0.25) is 9.89 Å². The molecule has 0 bridgehead atoms. The van der Waals surface area contributed by atoms with Gasteiger partial charge in [-0.2, -0.15) is 0 Å². The van der Waals surface area contributed by atoms with Crippen molar-refractivity contribution in [2.45, 2.75) is 33.1 Å². The molecule has 0 radical (unpaired) electrons. The maximum absolute atomic E-state index is 5.80. The van der Waals surface area contributed by atoms with E-state index in [2.05, 4.69) is 29.1 Å². The number of rotatable bonds is 8. The second kappa shape index (κ2) is 12.6. The first-order chi connectivity index (χ1) is 9.18. The van der Waals surface area contributed by atoms with Crippen LogP contribution in [0.1, 0.15) is 33.1 Å². The van der Waals surface area contributed by atoms with Gasteiger partial charge in [-0.25, -0.2) is 0 Å². The Morgan fingerprint density at radius 1 is 1.30 bits per heavy atom. The lowest BCUT2D eigenvalue weighted by Gasteiger charge is -2.26. The summed E-state index contributed by atoms with van der Waals surface area (Å²) in [6.45, 7) is 11.2. The van der Waals surface area contributed by atoms with E-state index in [9.17, 15) is 0 Å². The van der Waals surface area contributed by atoms with Gasteiger partial charge in [-0.15, -0.1) is 24.0 Å². The molecule has 120 valence electrons. The summed E-state index contributed by atoms with van der Waals surface area (Å²) in [7, 11) is 0. The zero-order valence-electron chi connectivity index (χ0n) is 12.9. The Morgan fingerprint density at radius 3 is 2.65 bits per heavy atom. The minimum absolute atomic E-state index is 0. The molecule has 1 rings (SSSR count). The molecule has 0 aromatic heterocycles. The summed E-state index contributed by atoms with van der Waals surface area (Å²) in [6.07, 6.45) is 3.42. The Morgan fingerprint density at radius 2 is 2.00 bits per heavy atom. The SMILES string of the molecule is CC(C)CCNC(N)=NCCCCN1CCOCC1.I.